The Morgan fingerprint density at radius 1 is 1.42 bits per heavy atom. The van der Waals surface area contributed by atoms with Crippen LogP contribution in [-0.4, -0.2) is 31.0 Å². The van der Waals surface area contributed by atoms with Crippen LogP contribution in [0.25, 0.3) is 0 Å². The number of nitrogens with zero attached hydrogens (tertiary/aromatic N) is 2. The van der Waals surface area contributed by atoms with E-state index in [2.05, 4.69) is 32.9 Å². The van der Waals surface area contributed by atoms with E-state index in [9.17, 15) is 0 Å². The van der Waals surface area contributed by atoms with Gasteiger partial charge in [0.15, 0.2) is 5.11 Å². The first-order valence-corrected chi connectivity index (χ1v) is 7.94. The van der Waals surface area contributed by atoms with Crippen LogP contribution < -0.4 is 15.6 Å². The minimum atomic E-state index is 0.562. The molecule has 0 aliphatic carbocycles. The highest BCUT2D eigenvalue weighted by molar-refractivity contribution is 7.80. The molecule has 2 N–H and O–H groups in total. The van der Waals surface area contributed by atoms with Crippen LogP contribution in [0.4, 0.5) is 5.00 Å². The summed E-state index contributed by atoms with van der Waals surface area (Å²) in [6.45, 7) is 5.17. The van der Waals surface area contributed by atoms with Gasteiger partial charge in [0.25, 0.3) is 0 Å². The smallest absolute Gasteiger partial charge is 0.186 e. The molecule has 1 fully saturated rings. The van der Waals surface area contributed by atoms with Gasteiger partial charge in [0.2, 0.25) is 0 Å². The van der Waals surface area contributed by atoms with Gasteiger partial charge in [-0.2, -0.15) is 5.10 Å². The third-order valence-electron chi connectivity index (χ3n) is 2.98. The Hall–Kier alpha value is -1.14. The zero-order chi connectivity index (χ0) is 13.5. The molecule has 0 unspecified atom stereocenters. The van der Waals surface area contributed by atoms with E-state index in [1.165, 1.54) is 37.4 Å². The summed E-state index contributed by atoms with van der Waals surface area (Å²) in [4.78, 5) is 3.61. The van der Waals surface area contributed by atoms with E-state index in [0.29, 0.717) is 5.11 Å². The zero-order valence-corrected chi connectivity index (χ0v) is 12.8. The predicted octanol–water partition coefficient (Wildman–Crippen LogP) is 2.56. The molecule has 2 heterocycles. The van der Waals surface area contributed by atoms with Crippen molar-refractivity contribution in [2.45, 2.75) is 26.2 Å². The van der Waals surface area contributed by atoms with Crippen LogP contribution in [0, 0.1) is 0 Å². The quantitative estimate of drug-likeness (QED) is 0.509. The minimum absolute atomic E-state index is 0.562. The van der Waals surface area contributed by atoms with Crippen molar-refractivity contribution in [2.24, 2.45) is 5.10 Å². The van der Waals surface area contributed by atoms with Gasteiger partial charge in [-0.3, -0.25) is 5.43 Å². The first-order chi connectivity index (χ1) is 9.29. The molecule has 1 aromatic heterocycles. The lowest BCUT2D eigenvalue weighted by Gasteiger charge is -2.27. The number of hydrogen-bond donors (Lipinski definition) is 2. The molecule has 0 radical (unpaired) electrons. The first kappa shape index (κ1) is 14.3. The van der Waals surface area contributed by atoms with E-state index >= 15 is 0 Å². The molecule has 104 valence electrons. The van der Waals surface area contributed by atoms with E-state index in [0.717, 1.165) is 11.4 Å². The molecule has 1 aliphatic heterocycles. The number of hydrazone groups is 1. The highest BCUT2D eigenvalue weighted by Crippen LogP contribution is 2.27. The molecule has 4 nitrogen and oxygen atoms in total. The average Bonchev–Trinajstić information content (AvgIpc) is 2.89. The van der Waals surface area contributed by atoms with Crippen LogP contribution in [0.2, 0.25) is 0 Å². The van der Waals surface area contributed by atoms with Gasteiger partial charge in [-0.1, -0.05) is 0 Å². The number of piperidine rings is 1. The molecule has 0 amide bonds. The van der Waals surface area contributed by atoms with Gasteiger partial charge >= 0.3 is 0 Å². The number of thiocarbonyl (C=S) groups is 1. The van der Waals surface area contributed by atoms with E-state index < -0.39 is 0 Å². The molecule has 1 aliphatic rings. The fraction of sp³-hybridized carbons (Fsp3) is 0.538. The largest absolute Gasteiger partial charge is 0.363 e. The van der Waals surface area contributed by atoms with E-state index in [1.54, 1.807) is 11.3 Å². The van der Waals surface area contributed by atoms with E-state index in [-0.39, 0.29) is 0 Å². The number of anilines is 1. The van der Waals surface area contributed by atoms with Crippen LogP contribution >= 0.6 is 23.6 Å². The normalized spacial score (nSPS) is 15.7. The molecule has 1 saturated heterocycles. The van der Waals surface area contributed by atoms with Crippen molar-refractivity contribution in [3.05, 3.63) is 17.0 Å². The maximum Gasteiger partial charge on any atom is 0.186 e. The third-order valence-corrected chi connectivity index (χ3v) is 4.29. The maximum atomic E-state index is 5.04. The van der Waals surface area contributed by atoms with Gasteiger partial charge in [-0.15, -0.1) is 11.3 Å². The van der Waals surface area contributed by atoms with Gasteiger partial charge in [0.05, 0.1) is 11.2 Å². The fourth-order valence-corrected chi connectivity index (χ4v) is 3.18. The van der Waals surface area contributed by atoms with Crippen LogP contribution in [0.5, 0.6) is 0 Å². The van der Waals surface area contributed by atoms with Crippen LogP contribution in [-0.2, 0) is 0 Å². The molecule has 0 atom stereocenters. The van der Waals surface area contributed by atoms with Crippen molar-refractivity contribution in [3.63, 3.8) is 0 Å². The standard InChI is InChI=1S/C13H20N4S2/c1-2-14-13(18)16-15-10-11-6-7-12(19-11)17-8-4-3-5-9-17/h6-7,10H,2-5,8-9H2,1H3,(H2,14,16,18)/b15-10-. The van der Waals surface area contributed by atoms with Gasteiger partial charge in [-0.05, 0) is 50.5 Å². The Morgan fingerprint density at radius 2 is 2.21 bits per heavy atom. The lowest BCUT2D eigenvalue weighted by Crippen LogP contribution is -2.31. The third kappa shape index (κ3) is 4.47. The molecule has 1 aromatic rings. The number of hydrogen-bond acceptors (Lipinski definition) is 4. The first-order valence-electron chi connectivity index (χ1n) is 6.71. The highest BCUT2D eigenvalue weighted by Gasteiger charge is 2.12. The van der Waals surface area contributed by atoms with Crippen molar-refractivity contribution in [2.75, 3.05) is 24.5 Å². The van der Waals surface area contributed by atoms with Gasteiger partial charge in [0.1, 0.15) is 0 Å². The van der Waals surface area contributed by atoms with Crippen LogP contribution in [0.3, 0.4) is 0 Å². The lowest BCUT2D eigenvalue weighted by atomic mass is 10.1. The van der Waals surface area contributed by atoms with Gasteiger partial charge in [0, 0.05) is 24.5 Å². The molecule has 19 heavy (non-hydrogen) atoms. The van der Waals surface area contributed by atoms with Crippen LogP contribution in [0.15, 0.2) is 17.2 Å². The number of rotatable bonds is 4. The second-order valence-corrected chi connectivity index (χ2v) is 5.96. The van der Waals surface area contributed by atoms with E-state index in [4.69, 9.17) is 12.2 Å². The second kappa shape index (κ2) is 7.45. The van der Waals surface area contributed by atoms with Gasteiger partial charge in [-0.25, -0.2) is 0 Å². The summed E-state index contributed by atoms with van der Waals surface area (Å²) in [7, 11) is 0. The van der Waals surface area contributed by atoms with Crippen molar-refractivity contribution >= 4 is 39.9 Å². The summed E-state index contributed by atoms with van der Waals surface area (Å²) in [5.41, 5.74) is 2.80. The molecule has 6 heteroatoms. The molecule has 2 rings (SSSR count). The summed E-state index contributed by atoms with van der Waals surface area (Å²) in [5, 5.41) is 9.03. The molecule has 0 saturated carbocycles. The van der Waals surface area contributed by atoms with Crippen molar-refractivity contribution in [3.8, 4) is 0 Å². The Morgan fingerprint density at radius 3 is 2.95 bits per heavy atom. The van der Waals surface area contributed by atoms with Gasteiger partial charge < -0.3 is 10.2 Å². The topological polar surface area (TPSA) is 39.7 Å². The van der Waals surface area contributed by atoms with E-state index in [1.807, 2.05) is 13.1 Å². The Bertz CT molecular complexity index is 436. The SMILES string of the molecule is CCNC(=S)N/N=C\c1ccc(N2CCCCC2)s1. The molecule has 0 aromatic carbocycles. The van der Waals surface area contributed by atoms with Crippen molar-refractivity contribution in [1.29, 1.82) is 0 Å². The second-order valence-electron chi connectivity index (χ2n) is 4.45. The Labute approximate surface area is 123 Å². The minimum Gasteiger partial charge on any atom is -0.363 e. The van der Waals surface area contributed by atoms with Crippen molar-refractivity contribution < 1.29 is 0 Å². The lowest BCUT2D eigenvalue weighted by molar-refractivity contribution is 0.580. The van der Waals surface area contributed by atoms with Crippen molar-refractivity contribution in [1.82, 2.24) is 10.7 Å². The summed E-state index contributed by atoms with van der Waals surface area (Å²) >= 11 is 6.81. The molecule has 0 bridgehead atoms. The highest BCUT2D eigenvalue weighted by atomic mass is 32.1. The molecular weight excluding hydrogens is 276 g/mol. The Balaban J connectivity index is 1.86. The molecule has 0 spiro atoms. The molecular formula is C13H20N4S2. The summed E-state index contributed by atoms with van der Waals surface area (Å²) in [5.74, 6) is 0. The predicted molar refractivity (Wildman–Crippen MR) is 87.4 cm³/mol. The average molecular weight is 296 g/mol. The Kier molecular flexibility index (Phi) is 5.60. The zero-order valence-electron chi connectivity index (χ0n) is 11.2. The fourth-order valence-electron chi connectivity index (χ4n) is 2.05. The number of thiophene rings is 1. The summed E-state index contributed by atoms with van der Waals surface area (Å²) < 4.78 is 0. The maximum absolute atomic E-state index is 5.04. The summed E-state index contributed by atoms with van der Waals surface area (Å²) in [6, 6.07) is 4.29. The summed E-state index contributed by atoms with van der Waals surface area (Å²) in [6.07, 6.45) is 5.80. The number of nitrogens with one attached hydrogen (secondary N) is 2. The monoisotopic (exact) mass is 296 g/mol. The van der Waals surface area contributed by atoms with Crippen LogP contribution in [0.1, 0.15) is 31.1 Å².